The van der Waals surface area contributed by atoms with E-state index in [4.69, 9.17) is 0 Å². The highest BCUT2D eigenvalue weighted by atomic mass is 16.3. The van der Waals surface area contributed by atoms with Gasteiger partial charge in [0.2, 0.25) is 0 Å². The molecule has 0 radical (unpaired) electrons. The van der Waals surface area contributed by atoms with Crippen molar-refractivity contribution < 1.29 is 5.11 Å². The second-order valence-corrected chi connectivity index (χ2v) is 5.78. The van der Waals surface area contributed by atoms with Gasteiger partial charge in [-0.1, -0.05) is 17.7 Å². The van der Waals surface area contributed by atoms with Gasteiger partial charge in [-0.25, -0.2) is 0 Å². The summed E-state index contributed by atoms with van der Waals surface area (Å²) >= 11 is 0. The summed E-state index contributed by atoms with van der Waals surface area (Å²) < 4.78 is 0. The first-order valence-corrected chi connectivity index (χ1v) is 7.00. The van der Waals surface area contributed by atoms with E-state index in [0.29, 0.717) is 0 Å². The fourth-order valence-corrected chi connectivity index (χ4v) is 2.34. The van der Waals surface area contributed by atoms with Gasteiger partial charge in [0.25, 0.3) is 0 Å². The van der Waals surface area contributed by atoms with E-state index in [1.54, 1.807) is 0 Å². The third-order valence-electron chi connectivity index (χ3n) is 3.94. The van der Waals surface area contributed by atoms with Crippen LogP contribution in [0.2, 0.25) is 0 Å². The second kappa shape index (κ2) is 6.92. The molecule has 108 valence electrons. The van der Waals surface area contributed by atoms with Crippen LogP contribution in [-0.4, -0.2) is 37.9 Å². The van der Waals surface area contributed by atoms with E-state index in [2.05, 4.69) is 56.2 Å². The fourth-order valence-electron chi connectivity index (χ4n) is 2.34. The van der Waals surface area contributed by atoms with E-state index in [-0.39, 0.29) is 12.1 Å². The Morgan fingerprint density at radius 1 is 1.32 bits per heavy atom. The molecule has 0 aliphatic heterocycles. The Bertz CT molecular complexity index is 400. The van der Waals surface area contributed by atoms with Crippen molar-refractivity contribution in [2.24, 2.45) is 0 Å². The summed E-state index contributed by atoms with van der Waals surface area (Å²) in [6.07, 6.45) is 2.02. The van der Waals surface area contributed by atoms with Crippen molar-refractivity contribution in [3.63, 3.8) is 0 Å². The highest BCUT2D eigenvalue weighted by Crippen LogP contribution is 2.21. The van der Waals surface area contributed by atoms with Gasteiger partial charge in [-0.05, 0) is 52.3 Å². The summed E-state index contributed by atoms with van der Waals surface area (Å²) in [6.45, 7) is 7.52. The smallest absolute Gasteiger partial charge is 0.0610 e. The molecular weight excluding hydrogens is 236 g/mol. The molecule has 1 rings (SSSR count). The van der Waals surface area contributed by atoms with Crippen molar-refractivity contribution in [3.8, 4) is 0 Å². The van der Waals surface area contributed by atoms with Gasteiger partial charge in [0.1, 0.15) is 0 Å². The largest absolute Gasteiger partial charge is 0.394 e. The number of aliphatic hydroxyl groups excluding tert-OH is 1. The van der Waals surface area contributed by atoms with Crippen molar-refractivity contribution in [1.82, 2.24) is 5.32 Å². The summed E-state index contributed by atoms with van der Waals surface area (Å²) in [6, 6.07) is 6.57. The van der Waals surface area contributed by atoms with E-state index in [9.17, 15) is 5.11 Å². The molecule has 0 aliphatic carbocycles. The van der Waals surface area contributed by atoms with Crippen molar-refractivity contribution in [3.05, 3.63) is 29.3 Å². The lowest BCUT2D eigenvalue weighted by Crippen LogP contribution is -2.43. The zero-order valence-electron chi connectivity index (χ0n) is 13.0. The highest BCUT2D eigenvalue weighted by Gasteiger charge is 2.20. The van der Waals surface area contributed by atoms with Crippen molar-refractivity contribution in [2.75, 3.05) is 32.1 Å². The highest BCUT2D eigenvalue weighted by molar-refractivity contribution is 5.53. The normalized spacial score (nSPS) is 14.2. The Balaban J connectivity index is 2.54. The van der Waals surface area contributed by atoms with Crippen LogP contribution in [-0.2, 0) is 0 Å². The number of hydrogen-bond acceptors (Lipinski definition) is 3. The molecular formula is C16H28N2O. The molecule has 3 nitrogen and oxygen atoms in total. The number of rotatable bonds is 7. The number of aliphatic hydroxyl groups is 1. The molecule has 0 saturated carbocycles. The number of aryl methyl sites for hydroxylation is 2. The Hall–Kier alpha value is -1.06. The number of nitrogens with one attached hydrogen (secondary N) is 1. The standard InChI is InChI=1S/C16H28N2O/c1-13-7-8-15(14(2)11-13)18(5)10-6-9-16(3,12-19)17-4/h7-8,11,17,19H,6,9-10,12H2,1-5H3. The summed E-state index contributed by atoms with van der Waals surface area (Å²) in [5.41, 5.74) is 3.75. The van der Waals surface area contributed by atoms with Crippen LogP contribution in [0, 0.1) is 13.8 Å². The van der Waals surface area contributed by atoms with Crippen molar-refractivity contribution >= 4 is 5.69 Å². The van der Waals surface area contributed by atoms with Gasteiger partial charge < -0.3 is 15.3 Å². The van der Waals surface area contributed by atoms with Gasteiger partial charge in [0.15, 0.2) is 0 Å². The number of hydrogen-bond donors (Lipinski definition) is 2. The number of nitrogens with zero attached hydrogens (tertiary/aromatic N) is 1. The van der Waals surface area contributed by atoms with E-state index >= 15 is 0 Å². The molecule has 0 saturated heterocycles. The monoisotopic (exact) mass is 264 g/mol. The Morgan fingerprint density at radius 3 is 2.53 bits per heavy atom. The molecule has 0 heterocycles. The first-order valence-electron chi connectivity index (χ1n) is 7.00. The van der Waals surface area contributed by atoms with Crippen LogP contribution < -0.4 is 10.2 Å². The molecule has 0 amide bonds. The molecule has 0 aromatic heterocycles. The number of anilines is 1. The topological polar surface area (TPSA) is 35.5 Å². The molecule has 2 N–H and O–H groups in total. The van der Waals surface area contributed by atoms with E-state index in [1.807, 2.05) is 7.05 Å². The van der Waals surface area contributed by atoms with Gasteiger partial charge >= 0.3 is 0 Å². The zero-order chi connectivity index (χ0) is 14.5. The summed E-state index contributed by atoms with van der Waals surface area (Å²) in [5, 5.41) is 12.6. The van der Waals surface area contributed by atoms with Crippen molar-refractivity contribution in [1.29, 1.82) is 0 Å². The molecule has 1 aromatic carbocycles. The van der Waals surface area contributed by atoms with Gasteiger partial charge in [-0.2, -0.15) is 0 Å². The molecule has 1 aromatic rings. The third kappa shape index (κ3) is 4.51. The van der Waals surface area contributed by atoms with Gasteiger partial charge in [-0.15, -0.1) is 0 Å². The predicted molar refractivity (Wildman–Crippen MR) is 83.0 cm³/mol. The van der Waals surface area contributed by atoms with Gasteiger partial charge in [0.05, 0.1) is 6.61 Å². The average molecular weight is 264 g/mol. The Morgan fingerprint density at radius 2 is 2.00 bits per heavy atom. The number of likely N-dealkylation sites (N-methyl/N-ethyl adjacent to an activating group) is 1. The van der Waals surface area contributed by atoms with E-state index in [0.717, 1.165) is 19.4 Å². The quantitative estimate of drug-likeness (QED) is 0.794. The minimum Gasteiger partial charge on any atom is -0.394 e. The molecule has 0 spiro atoms. The molecule has 0 bridgehead atoms. The van der Waals surface area contributed by atoms with Crippen LogP contribution in [0.3, 0.4) is 0 Å². The fraction of sp³-hybridized carbons (Fsp3) is 0.625. The number of benzene rings is 1. The maximum absolute atomic E-state index is 9.37. The summed E-state index contributed by atoms with van der Waals surface area (Å²) in [4.78, 5) is 2.29. The van der Waals surface area contributed by atoms with Crippen LogP contribution in [0.15, 0.2) is 18.2 Å². The minimum absolute atomic E-state index is 0.164. The van der Waals surface area contributed by atoms with Crippen LogP contribution in [0.25, 0.3) is 0 Å². The lowest BCUT2D eigenvalue weighted by atomic mass is 9.97. The van der Waals surface area contributed by atoms with Crippen LogP contribution in [0.4, 0.5) is 5.69 Å². The average Bonchev–Trinajstić information content (AvgIpc) is 2.38. The predicted octanol–water partition coefficient (Wildman–Crippen LogP) is 2.49. The minimum atomic E-state index is -0.164. The Kier molecular flexibility index (Phi) is 5.83. The second-order valence-electron chi connectivity index (χ2n) is 5.78. The van der Waals surface area contributed by atoms with Crippen LogP contribution in [0.1, 0.15) is 30.9 Å². The van der Waals surface area contributed by atoms with E-state index in [1.165, 1.54) is 16.8 Å². The molecule has 0 aliphatic rings. The lowest BCUT2D eigenvalue weighted by molar-refractivity contribution is 0.172. The first kappa shape index (κ1) is 16.0. The zero-order valence-corrected chi connectivity index (χ0v) is 13.0. The molecule has 3 heteroatoms. The van der Waals surface area contributed by atoms with Crippen LogP contribution in [0.5, 0.6) is 0 Å². The molecule has 19 heavy (non-hydrogen) atoms. The summed E-state index contributed by atoms with van der Waals surface area (Å²) in [5.74, 6) is 0. The molecule has 1 unspecified atom stereocenters. The SMILES string of the molecule is CNC(C)(CO)CCCN(C)c1ccc(C)cc1C. The van der Waals surface area contributed by atoms with E-state index < -0.39 is 0 Å². The molecule has 0 fully saturated rings. The van der Waals surface area contributed by atoms with Crippen LogP contribution >= 0.6 is 0 Å². The summed E-state index contributed by atoms with van der Waals surface area (Å²) in [7, 11) is 4.04. The maximum atomic E-state index is 9.37. The lowest BCUT2D eigenvalue weighted by Gasteiger charge is -2.28. The Labute approximate surface area is 117 Å². The van der Waals surface area contributed by atoms with Crippen molar-refractivity contribution in [2.45, 2.75) is 39.2 Å². The van der Waals surface area contributed by atoms with Gasteiger partial charge in [0, 0.05) is 24.8 Å². The molecule has 1 atom stereocenters. The van der Waals surface area contributed by atoms with Gasteiger partial charge in [-0.3, -0.25) is 0 Å². The maximum Gasteiger partial charge on any atom is 0.0610 e. The first-order chi connectivity index (χ1) is 8.91. The third-order valence-corrected chi connectivity index (χ3v) is 3.94.